The molecule has 4 rings (SSSR count). The summed E-state index contributed by atoms with van der Waals surface area (Å²) in [5.74, 6) is 0.543. The molecule has 3 aromatic rings. The number of ether oxygens (including phenoxy) is 1. The highest BCUT2D eigenvalue weighted by Crippen LogP contribution is 2.40. The number of benzene rings is 3. The van der Waals surface area contributed by atoms with E-state index in [9.17, 15) is 4.79 Å². The zero-order chi connectivity index (χ0) is 18.3. The van der Waals surface area contributed by atoms with Crippen molar-refractivity contribution < 1.29 is 9.53 Å². The number of hydrogen-bond acceptors (Lipinski definition) is 3. The van der Waals surface area contributed by atoms with Crippen LogP contribution in [0.4, 0.5) is 0 Å². The van der Waals surface area contributed by atoms with Crippen molar-refractivity contribution in [1.82, 2.24) is 5.32 Å². The first-order chi connectivity index (χ1) is 12.6. The summed E-state index contributed by atoms with van der Waals surface area (Å²) in [4.78, 5) is 13.4. The van der Waals surface area contributed by atoms with E-state index in [1.807, 2.05) is 49.4 Å². The van der Waals surface area contributed by atoms with E-state index >= 15 is 0 Å². The fourth-order valence-corrected chi connectivity index (χ4v) is 3.62. The Kier molecular flexibility index (Phi) is 4.00. The molecule has 1 aliphatic rings. The summed E-state index contributed by atoms with van der Waals surface area (Å²) in [6.45, 7) is 4.10. The number of aryl methyl sites for hydroxylation is 1. The van der Waals surface area contributed by atoms with Crippen molar-refractivity contribution in [3.8, 4) is 0 Å². The Labute approximate surface area is 153 Å². The second-order valence-corrected chi connectivity index (χ2v) is 6.63. The van der Waals surface area contributed by atoms with Crippen LogP contribution in [0.2, 0.25) is 0 Å². The molecule has 0 aromatic heterocycles. The minimum atomic E-state index is -0.626. The highest BCUT2D eigenvalue weighted by Gasteiger charge is 2.38. The normalized spacial score (nSPS) is 16.9. The molecule has 3 nitrogen and oxygen atoms in total. The highest BCUT2D eigenvalue weighted by atomic mass is 16.5. The van der Waals surface area contributed by atoms with Crippen molar-refractivity contribution in [3.63, 3.8) is 0 Å². The minimum absolute atomic E-state index is 0.000553. The summed E-state index contributed by atoms with van der Waals surface area (Å²) in [5, 5.41) is 5.23. The summed E-state index contributed by atoms with van der Waals surface area (Å²) in [7, 11) is 1.79. The summed E-state index contributed by atoms with van der Waals surface area (Å²) >= 11 is 0. The van der Waals surface area contributed by atoms with Crippen LogP contribution in [-0.2, 0) is 9.53 Å². The largest absolute Gasteiger partial charge is 0.462 e. The van der Waals surface area contributed by atoms with E-state index in [4.69, 9.17) is 4.74 Å². The Morgan fingerprint density at radius 3 is 2.46 bits per heavy atom. The van der Waals surface area contributed by atoms with Gasteiger partial charge in [0.2, 0.25) is 5.78 Å². The Morgan fingerprint density at radius 2 is 1.65 bits per heavy atom. The number of carbonyl (C=O) groups is 1. The summed E-state index contributed by atoms with van der Waals surface area (Å²) in [6, 6.07) is 20.1. The average Bonchev–Trinajstić information content (AvgIpc) is 3.00. The first-order valence-corrected chi connectivity index (χ1v) is 8.79. The summed E-state index contributed by atoms with van der Waals surface area (Å²) in [6.07, 6.45) is -0.626. The van der Waals surface area contributed by atoms with E-state index in [0.717, 1.165) is 33.0 Å². The molecule has 0 saturated heterocycles. The molecule has 130 valence electrons. The number of nitrogens with one attached hydrogen (secondary N) is 1. The van der Waals surface area contributed by atoms with Crippen LogP contribution in [0.15, 0.2) is 66.5 Å². The first-order valence-electron chi connectivity index (χ1n) is 8.79. The third-order valence-corrected chi connectivity index (χ3v) is 5.15. The predicted octanol–water partition coefficient (Wildman–Crippen LogP) is 4.69. The van der Waals surface area contributed by atoms with E-state index < -0.39 is 6.10 Å². The molecule has 3 heteroatoms. The predicted molar refractivity (Wildman–Crippen MR) is 105 cm³/mol. The van der Waals surface area contributed by atoms with Crippen LogP contribution >= 0.6 is 0 Å². The Morgan fingerprint density at radius 1 is 0.923 bits per heavy atom. The van der Waals surface area contributed by atoms with Gasteiger partial charge in [-0.15, -0.1) is 0 Å². The average molecular weight is 343 g/mol. The molecule has 1 aliphatic heterocycles. The van der Waals surface area contributed by atoms with Crippen molar-refractivity contribution >= 4 is 22.1 Å². The molecule has 1 N–H and O–H groups in total. The quantitative estimate of drug-likeness (QED) is 0.750. The Bertz CT molecular complexity index is 1040. The molecular weight excluding hydrogens is 322 g/mol. The smallest absolute Gasteiger partial charge is 0.213 e. The summed E-state index contributed by atoms with van der Waals surface area (Å²) < 4.78 is 6.10. The van der Waals surface area contributed by atoms with Crippen LogP contribution in [0.25, 0.3) is 16.3 Å². The van der Waals surface area contributed by atoms with Crippen LogP contribution in [0, 0.1) is 13.8 Å². The van der Waals surface area contributed by atoms with Gasteiger partial charge in [-0.3, -0.25) is 4.79 Å². The van der Waals surface area contributed by atoms with Crippen molar-refractivity contribution in [3.05, 3.63) is 88.8 Å². The lowest BCUT2D eigenvalue weighted by atomic mass is 9.91. The maximum atomic E-state index is 13.4. The van der Waals surface area contributed by atoms with Crippen LogP contribution in [0.3, 0.4) is 0 Å². The lowest BCUT2D eigenvalue weighted by Crippen LogP contribution is -2.11. The van der Waals surface area contributed by atoms with Gasteiger partial charge >= 0.3 is 0 Å². The number of hydrogen-bond donors (Lipinski definition) is 1. The monoisotopic (exact) mass is 343 g/mol. The SMILES string of the molecule is CNC1=C(c2cccc(C)c2C)C(=O)C(c2cccc3ccccc23)O1. The topological polar surface area (TPSA) is 38.3 Å². The van der Waals surface area contributed by atoms with E-state index in [-0.39, 0.29) is 5.78 Å². The number of carbonyl (C=O) groups excluding carboxylic acids is 1. The molecule has 0 fully saturated rings. The van der Waals surface area contributed by atoms with Gasteiger partial charge in [0.1, 0.15) is 0 Å². The van der Waals surface area contributed by atoms with Crippen LogP contribution < -0.4 is 5.32 Å². The van der Waals surface area contributed by atoms with E-state index in [1.165, 1.54) is 0 Å². The maximum absolute atomic E-state index is 13.4. The van der Waals surface area contributed by atoms with E-state index in [2.05, 4.69) is 30.4 Å². The standard InChI is InChI=1S/C23H21NO2/c1-14-8-6-12-17(15(14)2)20-21(25)22(26-23(20)24-3)19-13-7-10-16-9-4-5-11-18(16)19/h4-13,22,24H,1-3H3. The zero-order valence-corrected chi connectivity index (χ0v) is 15.2. The Balaban J connectivity index is 1.84. The lowest BCUT2D eigenvalue weighted by molar-refractivity contribution is -0.120. The third kappa shape index (κ3) is 2.48. The van der Waals surface area contributed by atoms with Gasteiger partial charge in [0, 0.05) is 12.6 Å². The number of ketones is 1. The molecule has 0 radical (unpaired) electrons. The molecular formula is C23H21NO2. The highest BCUT2D eigenvalue weighted by molar-refractivity contribution is 6.26. The molecule has 3 aromatic carbocycles. The van der Waals surface area contributed by atoms with Crippen molar-refractivity contribution in [2.24, 2.45) is 0 Å². The Hall–Kier alpha value is -3.07. The molecule has 0 spiro atoms. The van der Waals surface area contributed by atoms with Gasteiger partial charge in [0.25, 0.3) is 0 Å². The first kappa shape index (κ1) is 16.4. The van der Waals surface area contributed by atoms with Crippen molar-refractivity contribution in [2.75, 3.05) is 7.05 Å². The molecule has 0 aliphatic carbocycles. The molecule has 1 atom stereocenters. The molecule has 1 unspecified atom stereocenters. The van der Waals surface area contributed by atoms with E-state index in [1.54, 1.807) is 7.05 Å². The second kappa shape index (κ2) is 6.34. The number of fused-ring (bicyclic) bond motifs is 1. The van der Waals surface area contributed by atoms with Gasteiger partial charge in [-0.1, -0.05) is 60.7 Å². The second-order valence-electron chi connectivity index (χ2n) is 6.63. The zero-order valence-electron chi connectivity index (χ0n) is 15.2. The number of rotatable bonds is 3. The summed E-state index contributed by atoms with van der Waals surface area (Å²) in [5.41, 5.74) is 4.73. The van der Waals surface area contributed by atoms with Crippen LogP contribution in [0.5, 0.6) is 0 Å². The van der Waals surface area contributed by atoms with Gasteiger partial charge in [-0.25, -0.2) is 0 Å². The van der Waals surface area contributed by atoms with Crippen LogP contribution in [0.1, 0.15) is 28.4 Å². The van der Waals surface area contributed by atoms with Gasteiger partial charge in [0.05, 0.1) is 5.57 Å². The van der Waals surface area contributed by atoms with Gasteiger partial charge in [-0.05, 0) is 41.3 Å². The van der Waals surface area contributed by atoms with E-state index in [0.29, 0.717) is 11.5 Å². The van der Waals surface area contributed by atoms with Gasteiger partial charge in [0.15, 0.2) is 12.0 Å². The molecule has 1 heterocycles. The molecule has 0 amide bonds. The van der Waals surface area contributed by atoms with Crippen LogP contribution in [-0.4, -0.2) is 12.8 Å². The maximum Gasteiger partial charge on any atom is 0.213 e. The molecule has 0 bridgehead atoms. The lowest BCUT2D eigenvalue weighted by Gasteiger charge is -2.14. The van der Waals surface area contributed by atoms with Crippen molar-refractivity contribution in [2.45, 2.75) is 20.0 Å². The number of Topliss-reactive ketones (excluding diaryl/α,β-unsaturated/α-hetero) is 1. The van der Waals surface area contributed by atoms with Crippen molar-refractivity contribution in [1.29, 1.82) is 0 Å². The van der Waals surface area contributed by atoms with Gasteiger partial charge < -0.3 is 10.1 Å². The fourth-order valence-electron chi connectivity index (χ4n) is 3.62. The molecule has 0 saturated carbocycles. The fraction of sp³-hybridized carbons (Fsp3) is 0.174. The third-order valence-electron chi connectivity index (χ3n) is 5.15. The minimum Gasteiger partial charge on any atom is -0.462 e. The molecule has 26 heavy (non-hydrogen) atoms. The van der Waals surface area contributed by atoms with Gasteiger partial charge in [-0.2, -0.15) is 0 Å².